The second kappa shape index (κ2) is 6.49. The minimum absolute atomic E-state index is 0.224. The van der Waals surface area contributed by atoms with Gasteiger partial charge in [0, 0.05) is 12.4 Å². The Balaban J connectivity index is 2.88. The van der Waals surface area contributed by atoms with Crippen LogP contribution in [-0.4, -0.2) is 33.5 Å². The first-order valence-corrected chi connectivity index (χ1v) is 8.53. The summed E-state index contributed by atoms with van der Waals surface area (Å²) >= 11 is 10.1. The Morgan fingerprint density at radius 1 is 1.65 bits per heavy atom. The number of rotatable bonds is 6. The number of methoxy groups -OCH3 is 1. The number of aryl methyl sites for hydroxylation is 1. The summed E-state index contributed by atoms with van der Waals surface area (Å²) in [5.74, 6) is 0. The van der Waals surface area contributed by atoms with E-state index in [0.29, 0.717) is 16.3 Å². The maximum absolute atomic E-state index is 12.0. The van der Waals surface area contributed by atoms with E-state index in [-0.39, 0.29) is 10.3 Å². The van der Waals surface area contributed by atoms with E-state index < -0.39 is 10.0 Å². The van der Waals surface area contributed by atoms with Crippen molar-refractivity contribution in [1.29, 1.82) is 0 Å². The van der Waals surface area contributed by atoms with E-state index in [1.165, 1.54) is 7.11 Å². The zero-order valence-electron chi connectivity index (χ0n) is 9.37. The van der Waals surface area contributed by atoms with E-state index in [4.69, 9.17) is 16.3 Å². The second-order valence-electron chi connectivity index (χ2n) is 3.45. The molecule has 17 heavy (non-hydrogen) atoms. The molecule has 8 heteroatoms. The van der Waals surface area contributed by atoms with Gasteiger partial charge < -0.3 is 4.74 Å². The summed E-state index contributed by atoms with van der Waals surface area (Å²) in [7, 11) is -2.00. The van der Waals surface area contributed by atoms with Gasteiger partial charge in [-0.15, -0.1) is 11.3 Å². The molecule has 0 bridgehead atoms. The summed E-state index contributed by atoms with van der Waals surface area (Å²) in [5, 5.41) is 0.484. The average Bonchev–Trinajstić information content (AvgIpc) is 2.59. The molecule has 0 aromatic carbocycles. The van der Waals surface area contributed by atoms with Crippen molar-refractivity contribution in [2.24, 2.45) is 0 Å². The van der Waals surface area contributed by atoms with E-state index in [1.807, 2.05) is 0 Å². The Kier molecular flexibility index (Phi) is 5.88. The highest BCUT2D eigenvalue weighted by molar-refractivity contribution is 9.09. The molecule has 1 N–H and O–H groups in total. The number of sulfonamides is 1. The molecule has 0 saturated heterocycles. The van der Waals surface area contributed by atoms with Gasteiger partial charge >= 0.3 is 0 Å². The third-order valence-electron chi connectivity index (χ3n) is 1.98. The summed E-state index contributed by atoms with van der Waals surface area (Å²) in [6.45, 7) is 2.08. The average molecular weight is 363 g/mol. The minimum Gasteiger partial charge on any atom is -0.383 e. The molecule has 1 aromatic rings. The molecular weight excluding hydrogens is 350 g/mol. The smallest absolute Gasteiger partial charge is 0.250 e. The number of hydrogen-bond donors (Lipinski definition) is 1. The van der Waals surface area contributed by atoms with E-state index in [2.05, 4.69) is 20.7 Å². The molecule has 1 atom stereocenters. The molecule has 1 rings (SSSR count). The van der Waals surface area contributed by atoms with E-state index in [1.54, 1.807) is 13.0 Å². The highest BCUT2D eigenvalue weighted by Crippen LogP contribution is 2.30. The van der Waals surface area contributed by atoms with Crippen LogP contribution in [0.3, 0.4) is 0 Å². The number of nitrogens with one attached hydrogen (secondary N) is 1. The van der Waals surface area contributed by atoms with Gasteiger partial charge in [-0.3, -0.25) is 0 Å². The standard InChI is InChI=1S/C9H13BrClNO3S2/c1-6-3-8(16-9(6)11)17(13,14)12-7(4-10)5-15-2/h3,7,12H,4-5H2,1-2H3. The molecule has 0 fully saturated rings. The third kappa shape index (κ3) is 4.18. The highest BCUT2D eigenvalue weighted by atomic mass is 79.9. The van der Waals surface area contributed by atoms with Crippen LogP contribution in [0.2, 0.25) is 4.34 Å². The van der Waals surface area contributed by atoms with Crippen molar-refractivity contribution >= 4 is 48.9 Å². The molecule has 1 unspecified atom stereocenters. The van der Waals surface area contributed by atoms with E-state index in [9.17, 15) is 8.42 Å². The van der Waals surface area contributed by atoms with Crippen molar-refractivity contribution in [3.63, 3.8) is 0 Å². The summed E-state index contributed by atoms with van der Waals surface area (Å²) in [5.41, 5.74) is 0.763. The first kappa shape index (κ1) is 15.4. The van der Waals surface area contributed by atoms with Gasteiger partial charge in [0.25, 0.3) is 0 Å². The van der Waals surface area contributed by atoms with Gasteiger partial charge in [-0.05, 0) is 18.6 Å². The molecule has 0 amide bonds. The third-order valence-corrected chi connectivity index (χ3v) is 6.31. The van der Waals surface area contributed by atoms with Gasteiger partial charge in [0.15, 0.2) is 0 Å². The SMILES string of the molecule is COCC(CBr)NS(=O)(=O)c1cc(C)c(Cl)s1. The predicted octanol–water partition coefficient (Wildman–Crippen LogP) is 2.40. The predicted molar refractivity (Wildman–Crippen MR) is 73.8 cm³/mol. The Morgan fingerprint density at radius 3 is 2.71 bits per heavy atom. The number of hydrogen-bond acceptors (Lipinski definition) is 4. The van der Waals surface area contributed by atoms with Gasteiger partial charge in [0.2, 0.25) is 10.0 Å². The van der Waals surface area contributed by atoms with Crippen LogP contribution in [0.1, 0.15) is 5.56 Å². The Bertz CT molecular complexity index is 455. The zero-order valence-corrected chi connectivity index (χ0v) is 13.3. The van der Waals surface area contributed by atoms with Crippen LogP contribution < -0.4 is 4.72 Å². The molecule has 0 radical (unpaired) electrons. The first-order chi connectivity index (χ1) is 7.90. The van der Waals surface area contributed by atoms with Gasteiger partial charge in [-0.1, -0.05) is 27.5 Å². The molecular formula is C9H13BrClNO3S2. The summed E-state index contributed by atoms with van der Waals surface area (Å²) in [6.07, 6.45) is 0. The lowest BCUT2D eigenvalue weighted by Crippen LogP contribution is -2.38. The zero-order chi connectivity index (χ0) is 13.1. The fourth-order valence-corrected chi connectivity index (χ4v) is 4.66. The molecule has 1 heterocycles. The van der Waals surface area contributed by atoms with Gasteiger partial charge in [-0.25, -0.2) is 13.1 Å². The fourth-order valence-electron chi connectivity index (χ4n) is 1.15. The summed E-state index contributed by atoms with van der Waals surface area (Å²) in [4.78, 5) is 0. The molecule has 0 aliphatic rings. The molecule has 4 nitrogen and oxygen atoms in total. The van der Waals surface area contributed by atoms with Gasteiger partial charge in [0.1, 0.15) is 4.21 Å². The van der Waals surface area contributed by atoms with Crippen molar-refractivity contribution in [3.05, 3.63) is 16.0 Å². The normalized spacial score (nSPS) is 13.9. The van der Waals surface area contributed by atoms with Crippen LogP contribution >= 0.6 is 38.9 Å². The van der Waals surface area contributed by atoms with Crippen molar-refractivity contribution < 1.29 is 13.2 Å². The molecule has 0 aliphatic heterocycles. The van der Waals surface area contributed by atoms with E-state index in [0.717, 1.165) is 16.9 Å². The lowest BCUT2D eigenvalue weighted by atomic mass is 10.4. The van der Waals surface area contributed by atoms with Crippen LogP contribution in [0.4, 0.5) is 0 Å². The maximum Gasteiger partial charge on any atom is 0.250 e. The highest BCUT2D eigenvalue weighted by Gasteiger charge is 2.22. The topological polar surface area (TPSA) is 55.4 Å². The van der Waals surface area contributed by atoms with Crippen LogP contribution in [0.25, 0.3) is 0 Å². The Labute approximate surface area is 118 Å². The lowest BCUT2D eigenvalue weighted by Gasteiger charge is -2.14. The van der Waals surface area contributed by atoms with Crippen molar-refractivity contribution in [1.82, 2.24) is 4.72 Å². The van der Waals surface area contributed by atoms with Crippen molar-refractivity contribution in [2.75, 3.05) is 19.0 Å². The van der Waals surface area contributed by atoms with E-state index >= 15 is 0 Å². The second-order valence-corrected chi connectivity index (χ2v) is 7.69. The van der Waals surface area contributed by atoms with Crippen molar-refractivity contribution in [3.8, 4) is 0 Å². The Morgan fingerprint density at radius 2 is 2.29 bits per heavy atom. The summed E-state index contributed by atoms with van der Waals surface area (Å²) in [6, 6.07) is 1.26. The fraction of sp³-hybridized carbons (Fsp3) is 0.556. The first-order valence-electron chi connectivity index (χ1n) is 4.74. The molecule has 0 saturated carbocycles. The van der Waals surface area contributed by atoms with Crippen LogP contribution in [-0.2, 0) is 14.8 Å². The molecule has 98 valence electrons. The van der Waals surface area contributed by atoms with Crippen LogP contribution in [0.5, 0.6) is 0 Å². The minimum atomic E-state index is -3.52. The molecule has 0 spiro atoms. The lowest BCUT2D eigenvalue weighted by molar-refractivity contribution is 0.182. The quantitative estimate of drug-likeness (QED) is 0.791. The van der Waals surface area contributed by atoms with Crippen molar-refractivity contribution in [2.45, 2.75) is 17.2 Å². The maximum atomic E-state index is 12.0. The monoisotopic (exact) mass is 361 g/mol. The van der Waals surface area contributed by atoms with Crippen LogP contribution in [0, 0.1) is 6.92 Å². The number of thiophene rings is 1. The number of alkyl halides is 1. The molecule has 1 aromatic heterocycles. The largest absolute Gasteiger partial charge is 0.383 e. The van der Waals surface area contributed by atoms with Gasteiger partial charge in [-0.2, -0.15) is 0 Å². The number of halogens is 2. The molecule has 0 aliphatic carbocycles. The Hall–Kier alpha value is 0.340. The summed E-state index contributed by atoms with van der Waals surface area (Å²) < 4.78 is 32.2. The van der Waals surface area contributed by atoms with Gasteiger partial charge in [0.05, 0.1) is 17.0 Å². The van der Waals surface area contributed by atoms with Crippen LogP contribution in [0.15, 0.2) is 10.3 Å². The number of ether oxygens (including phenoxy) is 1.